The lowest BCUT2D eigenvalue weighted by Gasteiger charge is -2.49. The molecule has 1 atom stereocenters. The summed E-state index contributed by atoms with van der Waals surface area (Å²) in [5.74, 6) is 0.735. The number of nitrogens with one attached hydrogen (secondary N) is 1. The average molecular weight is 268 g/mol. The van der Waals surface area contributed by atoms with Gasteiger partial charge in [-0.25, -0.2) is 0 Å². The van der Waals surface area contributed by atoms with E-state index in [2.05, 4.69) is 58.7 Å². The quantitative estimate of drug-likeness (QED) is 0.813. The van der Waals surface area contributed by atoms with E-state index in [1.807, 2.05) is 0 Å². The summed E-state index contributed by atoms with van der Waals surface area (Å²) in [6.07, 6.45) is 3.76. The SMILES string of the molecule is CCC1(CC)CN(CCC(C)(C)C)C(C(C)C)CN1. The molecule has 1 rings (SSSR count). The zero-order valence-corrected chi connectivity index (χ0v) is 14.3. The molecule has 1 saturated heterocycles. The van der Waals surface area contributed by atoms with Crippen molar-refractivity contribution in [2.24, 2.45) is 11.3 Å². The molecule has 1 aliphatic heterocycles. The highest BCUT2D eigenvalue weighted by atomic mass is 15.3. The summed E-state index contributed by atoms with van der Waals surface area (Å²) in [7, 11) is 0. The Balaban J connectivity index is 2.73. The van der Waals surface area contributed by atoms with Gasteiger partial charge in [-0.05, 0) is 37.1 Å². The Kier molecular flexibility index (Phi) is 5.88. The monoisotopic (exact) mass is 268 g/mol. The molecule has 2 nitrogen and oxygen atoms in total. The van der Waals surface area contributed by atoms with E-state index in [4.69, 9.17) is 0 Å². The van der Waals surface area contributed by atoms with Crippen LogP contribution in [0.4, 0.5) is 0 Å². The molecule has 1 fully saturated rings. The maximum Gasteiger partial charge on any atom is 0.0304 e. The van der Waals surface area contributed by atoms with Crippen molar-refractivity contribution in [2.45, 2.75) is 79.3 Å². The Morgan fingerprint density at radius 1 is 1.21 bits per heavy atom. The molecule has 1 aliphatic rings. The summed E-state index contributed by atoms with van der Waals surface area (Å²) < 4.78 is 0. The molecular formula is C17H36N2. The first-order valence-electron chi connectivity index (χ1n) is 8.22. The van der Waals surface area contributed by atoms with Crippen molar-refractivity contribution in [3.63, 3.8) is 0 Å². The van der Waals surface area contributed by atoms with Gasteiger partial charge < -0.3 is 5.32 Å². The van der Waals surface area contributed by atoms with E-state index in [1.165, 1.54) is 32.4 Å². The smallest absolute Gasteiger partial charge is 0.0304 e. The van der Waals surface area contributed by atoms with Crippen molar-refractivity contribution in [1.82, 2.24) is 10.2 Å². The van der Waals surface area contributed by atoms with Gasteiger partial charge in [-0.1, -0.05) is 48.5 Å². The lowest BCUT2D eigenvalue weighted by atomic mass is 9.85. The number of piperazine rings is 1. The van der Waals surface area contributed by atoms with Gasteiger partial charge in [0.2, 0.25) is 0 Å². The summed E-state index contributed by atoms with van der Waals surface area (Å²) in [6.45, 7) is 20.1. The van der Waals surface area contributed by atoms with Crippen molar-refractivity contribution in [1.29, 1.82) is 0 Å². The van der Waals surface area contributed by atoms with Crippen LogP contribution in [0.2, 0.25) is 0 Å². The van der Waals surface area contributed by atoms with Crippen LogP contribution >= 0.6 is 0 Å². The molecule has 1 N–H and O–H groups in total. The predicted molar refractivity (Wildman–Crippen MR) is 85.6 cm³/mol. The zero-order valence-electron chi connectivity index (χ0n) is 14.3. The minimum Gasteiger partial charge on any atom is -0.308 e. The van der Waals surface area contributed by atoms with Gasteiger partial charge in [-0.15, -0.1) is 0 Å². The molecule has 0 saturated carbocycles. The maximum atomic E-state index is 3.85. The third kappa shape index (κ3) is 4.75. The Morgan fingerprint density at radius 2 is 1.79 bits per heavy atom. The van der Waals surface area contributed by atoms with Gasteiger partial charge in [-0.3, -0.25) is 4.90 Å². The fourth-order valence-corrected chi connectivity index (χ4v) is 3.12. The van der Waals surface area contributed by atoms with Gasteiger partial charge >= 0.3 is 0 Å². The lowest BCUT2D eigenvalue weighted by molar-refractivity contribution is 0.0426. The van der Waals surface area contributed by atoms with Crippen molar-refractivity contribution in [3.05, 3.63) is 0 Å². The topological polar surface area (TPSA) is 15.3 Å². The zero-order chi connectivity index (χ0) is 14.7. The van der Waals surface area contributed by atoms with E-state index >= 15 is 0 Å². The third-order valence-electron chi connectivity index (χ3n) is 4.93. The first-order valence-corrected chi connectivity index (χ1v) is 8.22. The first kappa shape index (κ1) is 17.0. The van der Waals surface area contributed by atoms with Crippen molar-refractivity contribution < 1.29 is 0 Å². The van der Waals surface area contributed by atoms with E-state index in [9.17, 15) is 0 Å². The van der Waals surface area contributed by atoms with Gasteiger partial charge in [0.05, 0.1) is 0 Å². The number of nitrogens with zero attached hydrogens (tertiary/aromatic N) is 1. The largest absolute Gasteiger partial charge is 0.308 e. The fourth-order valence-electron chi connectivity index (χ4n) is 3.12. The first-order chi connectivity index (χ1) is 8.73. The molecule has 0 aliphatic carbocycles. The summed E-state index contributed by atoms with van der Waals surface area (Å²) in [6, 6.07) is 0.702. The Hall–Kier alpha value is -0.0800. The summed E-state index contributed by atoms with van der Waals surface area (Å²) in [4.78, 5) is 2.76. The van der Waals surface area contributed by atoms with Crippen LogP contribution in [0.3, 0.4) is 0 Å². The van der Waals surface area contributed by atoms with Crippen LogP contribution in [0, 0.1) is 11.3 Å². The van der Waals surface area contributed by atoms with E-state index in [-0.39, 0.29) is 0 Å². The molecule has 0 aromatic rings. The molecule has 0 spiro atoms. The second kappa shape index (κ2) is 6.58. The highest BCUT2D eigenvalue weighted by Crippen LogP contribution is 2.28. The van der Waals surface area contributed by atoms with Crippen molar-refractivity contribution in [2.75, 3.05) is 19.6 Å². The molecule has 114 valence electrons. The van der Waals surface area contributed by atoms with Crippen LogP contribution in [0.25, 0.3) is 0 Å². The Bertz CT molecular complexity index is 261. The van der Waals surface area contributed by atoms with Crippen LogP contribution in [-0.2, 0) is 0 Å². The van der Waals surface area contributed by atoms with Gasteiger partial charge in [0.15, 0.2) is 0 Å². The number of hydrogen-bond acceptors (Lipinski definition) is 2. The highest BCUT2D eigenvalue weighted by molar-refractivity contribution is 4.97. The molecule has 0 bridgehead atoms. The van der Waals surface area contributed by atoms with Crippen LogP contribution in [-0.4, -0.2) is 36.1 Å². The van der Waals surface area contributed by atoms with Gasteiger partial charge in [0, 0.05) is 24.7 Å². The summed E-state index contributed by atoms with van der Waals surface area (Å²) >= 11 is 0. The summed E-state index contributed by atoms with van der Waals surface area (Å²) in [5, 5.41) is 3.85. The highest BCUT2D eigenvalue weighted by Gasteiger charge is 2.37. The molecule has 0 amide bonds. The molecule has 0 aromatic heterocycles. The second-order valence-electron chi connectivity index (χ2n) is 7.96. The van der Waals surface area contributed by atoms with Crippen LogP contribution in [0.5, 0.6) is 0 Å². The van der Waals surface area contributed by atoms with Crippen LogP contribution in [0.15, 0.2) is 0 Å². The minimum absolute atomic E-state index is 0.350. The van der Waals surface area contributed by atoms with Gasteiger partial charge in [-0.2, -0.15) is 0 Å². The standard InChI is InChI=1S/C17H36N2/c1-8-17(9-2)13-19(11-10-16(5,6)7)15(12-18-17)14(3)4/h14-15,18H,8-13H2,1-7H3. The van der Waals surface area contributed by atoms with Crippen molar-refractivity contribution in [3.8, 4) is 0 Å². The molecule has 0 aromatic carbocycles. The molecule has 0 radical (unpaired) electrons. The predicted octanol–water partition coefficient (Wildman–Crippen LogP) is 3.91. The Morgan fingerprint density at radius 3 is 2.21 bits per heavy atom. The molecule has 1 heterocycles. The van der Waals surface area contributed by atoms with E-state index in [0.717, 1.165) is 12.5 Å². The van der Waals surface area contributed by atoms with Crippen LogP contribution in [0.1, 0.15) is 67.7 Å². The minimum atomic E-state index is 0.350. The van der Waals surface area contributed by atoms with E-state index in [1.54, 1.807) is 0 Å². The Labute approximate surface area is 121 Å². The average Bonchev–Trinajstić information content (AvgIpc) is 2.34. The molecule has 2 heteroatoms. The molecular weight excluding hydrogens is 232 g/mol. The number of hydrogen-bond donors (Lipinski definition) is 1. The van der Waals surface area contributed by atoms with Crippen LogP contribution < -0.4 is 5.32 Å². The maximum absolute atomic E-state index is 3.85. The fraction of sp³-hybridized carbons (Fsp3) is 1.00. The molecule has 19 heavy (non-hydrogen) atoms. The molecule has 1 unspecified atom stereocenters. The normalized spacial score (nSPS) is 24.9. The third-order valence-corrected chi connectivity index (χ3v) is 4.93. The van der Waals surface area contributed by atoms with E-state index in [0.29, 0.717) is 17.0 Å². The lowest BCUT2D eigenvalue weighted by Crippen LogP contribution is -2.65. The van der Waals surface area contributed by atoms with Gasteiger partial charge in [0.1, 0.15) is 0 Å². The number of rotatable bonds is 5. The second-order valence-corrected chi connectivity index (χ2v) is 7.96. The summed E-state index contributed by atoms with van der Waals surface area (Å²) in [5.41, 5.74) is 0.788. The van der Waals surface area contributed by atoms with Gasteiger partial charge in [0.25, 0.3) is 0 Å². The van der Waals surface area contributed by atoms with E-state index < -0.39 is 0 Å². The van der Waals surface area contributed by atoms with Crippen molar-refractivity contribution >= 4 is 0 Å².